The number of nitrogens with one attached hydrogen (secondary N) is 1. The van der Waals surface area contributed by atoms with Crippen molar-refractivity contribution in [2.24, 2.45) is 0 Å². The Balaban J connectivity index is 1.44. The summed E-state index contributed by atoms with van der Waals surface area (Å²) in [4.78, 5) is 30.5. The van der Waals surface area contributed by atoms with Crippen LogP contribution in [-0.2, 0) is 16.2 Å². The van der Waals surface area contributed by atoms with E-state index in [-0.39, 0.29) is 11.8 Å². The van der Waals surface area contributed by atoms with Gasteiger partial charge < -0.3 is 9.64 Å². The van der Waals surface area contributed by atoms with Crippen LogP contribution in [0.25, 0.3) is 10.9 Å². The van der Waals surface area contributed by atoms with Crippen molar-refractivity contribution in [1.82, 2.24) is 15.4 Å². The number of likely N-dealkylation sites (tertiary alicyclic amines) is 1. The van der Waals surface area contributed by atoms with Gasteiger partial charge >= 0.3 is 0 Å². The molecule has 160 valence electrons. The van der Waals surface area contributed by atoms with E-state index in [2.05, 4.69) is 4.98 Å². The van der Waals surface area contributed by atoms with Crippen LogP contribution < -0.4 is 10.2 Å². The number of para-hydroxylation sites is 1. The molecule has 1 aliphatic rings. The molecule has 1 fully saturated rings. The SMILES string of the molecule is Cc1cc(COc2ccc([C@H]3CCN([C@H](C)C(=O)NO)C3=O)cc2)c2ccccc2n1. The minimum Gasteiger partial charge on any atom is -0.489 e. The number of hydroxylamine groups is 1. The van der Waals surface area contributed by atoms with Crippen LogP contribution in [0.5, 0.6) is 5.75 Å². The highest BCUT2D eigenvalue weighted by Crippen LogP contribution is 2.31. The molecule has 1 saturated heterocycles. The molecule has 2 aromatic carbocycles. The fourth-order valence-electron chi connectivity index (χ4n) is 4.10. The molecule has 3 aromatic rings. The second kappa shape index (κ2) is 8.73. The Bertz CT molecular complexity index is 1110. The molecule has 0 saturated carbocycles. The zero-order valence-corrected chi connectivity index (χ0v) is 17.5. The average molecular weight is 419 g/mol. The lowest BCUT2D eigenvalue weighted by atomic mass is 9.97. The Morgan fingerprint density at radius 2 is 2.00 bits per heavy atom. The van der Waals surface area contributed by atoms with E-state index in [0.29, 0.717) is 19.6 Å². The second-order valence-electron chi connectivity index (χ2n) is 7.82. The smallest absolute Gasteiger partial charge is 0.265 e. The lowest BCUT2D eigenvalue weighted by Gasteiger charge is -2.22. The molecule has 7 heteroatoms. The van der Waals surface area contributed by atoms with Crippen LogP contribution in [0.3, 0.4) is 0 Å². The van der Waals surface area contributed by atoms with E-state index in [1.165, 1.54) is 4.90 Å². The third kappa shape index (κ3) is 4.22. The Morgan fingerprint density at radius 3 is 2.74 bits per heavy atom. The summed E-state index contributed by atoms with van der Waals surface area (Å²) in [6, 6.07) is 16.9. The molecule has 4 rings (SSSR count). The first kappa shape index (κ1) is 20.8. The van der Waals surface area contributed by atoms with E-state index in [9.17, 15) is 9.59 Å². The summed E-state index contributed by atoms with van der Waals surface area (Å²) >= 11 is 0. The monoisotopic (exact) mass is 419 g/mol. The van der Waals surface area contributed by atoms with Gasteiger partial charge in [0, 0.05) is 23.2 Å². The summed E-state index contributed by atoms with van der Waals surface area (Å²) in [5.74, 6) is -0.271. The first-order valence-corrected chi connectivity index (χ1v) is 10.3. The van der Waals surface area contributed by atoms with Crippen molar-refractivity contribution >= 4 is 22.7 Å². The lowest BCUT2D eigenvalue weighted by Crippen LogP contribution is -2.45. The van der Waals surface area contributed by atoms with Gasteiger partial charge in [-0.3, -0.25) is 19.8 Å². The highest BCUT2D eigenvalue weighted by molar-refractivity contribution is 5.91. The molecule has 2 N–H and O–H groups in total. The molecule has 0 bridgehead atoms. The Morgan fingerprint density at radius 1 is 1.26 bits per heavy atom. The third-order valence-electron chi connectivity index (χ3n) is 5.80. The van der Waals surface area contributed by atoms with Crippen LogP contribution in [0.2, 0.25) is 0 Å². The molecule has 2 amide bonds. The van der Waals surface area contributed by atoms with Gasteiger partial charge in [-0.25, -0.2) is 5.48 Å². The first-order valence-electron chi connectivity index (χ1n) is 10.3. The van der Waals surface area contributed by atoms with Crippen LogP contribution in [-0.4, -0.2) is 39.5 Å². The Hall–Kier alpha value is -3.45. The van der Waals surface area contributed by atoms with Crippen LogP contribution in [0.15, 0.2) is 54.6 Å². The van der Waals surface area contributed by atoms with Crippen LogP contribution in [0.1, 0.15) is 36.1 Å². The molecule has 2 heterocycles. The zero-order chi connectivity index (χ0) is 22.0. The van der Waals surface area contributed by atoms with E-state index in [0.717, 1.165) is 33.5 Å². The number of carbonyl (C=O) groups is 2. The number of pyridine rings is 1. The zero-order valence-electron chi connectivity index (χ0n) is 17.5. The number of amides is 2. The van der Waals surface area contributed by atoms with Crippen LogP contribution in [0, 0.1) is 6.92 Å². The molecule has 0 radical (unpaired) electrons. The van der Waals surface area contributed by atoms with Gasteiger partial charge in [-0.1, -0.05) is 30.3 Å². The van der Waals surface area contributed by atoms with E-state index in [1.54, 1.807) is 12.4 Å². The highest BCUT2D eigenvalue weighted by Gasteiger charge is 2.37. The van der Waals surface area contributed by atoms with E-state index < -0.39 is 11.9 Å². The highest BCUT2D eigenvalue weighted by atomic mass is 16.5. The van der Waals surface area contributed by atoms with E-state index in [4.69, 9.17) is 9.94 Å². The van der Waals surface area contributed by atoms with Crippen LogP contribution >= 0.6 is 0 Å². The van der Waals surface area contributed by atoms with Gasteiger partial charge in [0.2, 0.25) is 5.91 Å². The Labute approximate surface area is 180 Å². The van der Waals surface area contributed by atoms with Gasteiger partial charge in [0.15, 0.2) is 0 Å². The van der Waals surface area contributed by atoms with Gasteiger partial charge in [-0.05, 0) is 50.1 Å². The van der Waals surface area contributed by atoms with Gasteiger partial charge in [0.05, 0.1) is 11.4 Å². The molecule has 7 nitrogen and oxygen atoms in total. The molecule has 0 aliphatic carbocycles. The maximum atomic E-state index is 12.7. The molecular formula is C24H25N3O4. The number of benzene rings is 2. The molecular weight excluding hydrogens is 394 g/mol. The molecule has 0 spiro atoms. The normalized spacial score (nSPS) is 17.1. The summed E-state index contributed by atoms with van der Waals surface area (Å²) < 4.78 is 6.00. The van der Waals surface area contributed by atoms with Crippen LogP contribution in [0.4, 0.5) is 0 Å². The molecule has 2 atom stereocenters. The quantitative estimate of drug-likeness (QED) is 0.472. The van der Waals surface area contributed by atoms with Gasteiger partial charge in [0.1, 0.15) is 18.4 Å². The first-order chi connectivity index (χ1) is 15.0. The number of nitrogens with zero attached hydrogens (tertiary/aromatic N) is 2. The third-order valence-corrected chi connectivity index (χ3v) is 5.80. The summed E-state index contributed by atoms with van der Waals surface area (Å²) in [5, 5.41) is 9.89. The van der Waals surface area contributed by atoms with Gasteiger partial charge in [-0.15, -0.1) is 0 Å². The number of ether oxygens (including phenoxy) is 1. The predicted octanol–water partition coefficient (Wildman–Crippen LogP) is 3.33. The van der Waals surface area contributed by atoms with E-state index >= 15 is 0 Å². The van der Waals surface area contributed by atoms with E-state index in [1.807, 2.05) is 61.5 Å². The molecule has 31 heavy (non-hydrogen) atoms. The van der Waals surface area contributed by atoms with Crippen molar-refractivity contribution in [2.75, 3.05) is 6.54 Å². The summed E-state index contributed by atoms with van der Waals surface area (Å²) in [6.07, 6.45) is 0.629. The van der Waals surface area contributed by atoms with Crippen molar-refractivity contribution in [1.29, 1.82) is 0 Å². The number of carbonyl (C=O) groups excluding carboxylic acids is 2. The molecule has 1 aliphatic heterocycles. The molecule has 0 unspecified atom stereocenters. The van der Waals surface area contributed by atoms with Gasteiger partial charge in [-0.2, -0.15) is 0 Å². The summed E-state index contributed by atoms with van der Waals surface area (Å²) in [5.41, 5.74) is 5.47. The largest absolute Gasteiger partial charge is 0.489 e. The number of aromatic nitrogens is 1. The van der Waals surface area contributed by atoms with Crippen molar-refractivity contribution in [3.05, 3.63) is 71.4 Å². The predicted molar refractivity (Wildman–Crippen MR) is 116 cm³/mol. The van der Waals surface area contributed by atoms with Crippen molar-refractivity contribution in [2.45, 2.75) is 38.8 Å². The maximum absolute atomic E-state index is 12.7. The van der Waals surface area contributed by atoms with Crippen molar-refractivity contribution < 1.29 is 19.5 Å². The maximum Gasteiger partial charge on any atom is 0.265 e. The fourth-order valence-corrected chi connectivity index (χ4v) is 4.10. The van der Waals surface area contributed by atoms with Crippen molar-refractivity contribution in [3.63, 3.8) is 0 Å². The minimum absolute atomic E-state index is 0.108. The number of rotatable bonds is 6. The number of hydrogen-bond donors (Lipinski definition) is 2. The number of hydrogen-bond acceptors (Lipinski definition) is 5. The summed E-state index contributed by atoms with van der Waals surface area (Å²) in [7, 11) is 0. The number of fused-ring (bicyclic) bond motifs is 1. The second-order valence-corrected chi connectivity index (χ2v) is 7.82. The lowest BCUT2D eigenvalue weighted by molar-refractivity contribution is -0.141. The summed E-state index contributed by atoms with van der Waals surface area (Å²) in [6.45, 7) is 4.48. The molecule has 1 aromatic heterocycles. The van der Waals surface area contributed by atoms with Crippen molar-refractivity contribution in [3.8, 4) is 5.75 Å². The van der Waals surface area contributed by atoms with Gasteiger partial charge in [0.25, 0.3) is 5.91 Å². The standard InChI is InChI=1S/C24H25N3O4/c1-15-13-18(20-5-3-4-6-22(20)25-15)14-31-19-9-7-17(8-10-19)21-11-12-27(24(21)29)16(2)23(28)26-30/h3-10,13,16,21,30H,11-12,14H2,1-2H3,(H,26,28)/t16-,21-/m1/s1. The number of aryl methyl sites for hydroxylation is 1. The topological polar surface area (TPSA) is 91.8 Å². The fraction of sp³-hybridized carbons (Fsp3) is 0.292. The average Bonchev–Trinajstić information content (AvgIpc) is 3.17. The minimum atomic E-state index is -0.705. The Kier molecular flexibility index (Phi) is 5.86.